The molecule has 0 N–H and O–H groups in total. The van der Waals surface area contributed by atoms with Gasteiger partial charge < -0.3 is 4.57 Å². The van der Waals surface area contributed by atoms with Crippen LogP contribution in [0.2, 0.25) is 0 Å². The summed E-state index contributed by atoms with van der Waals surface area (Å²) in [7, 11) is 0. The molecule has 1 amide bonds. The third kappa shape index (κ3) is 4.45. The maximum Gasteiger partial charge on any atom is 0.279 e. The summed E-state index contributed by atoms with van der Waals surface area (Å²) in [6.45, 7) is 4.82. The van der Waals surface area contributed by atoms with Crippen molar-refractivity contribution >= 4 is 33.2 Å². The highest BCUT2D eigenvalue weighted by molar-refractivity contribution is 9.10. The number of aryl methyl sites for hydroxylation is 1. The van der Waals surface area contributed by atoms with Crippen molar-refractivity contribution in [3.8, 4) is 11.3 Å². The molecule has 1 heterocycles. The fourth-order valence-corrected chi connectivity index (χ4v) is 4.64. The van der Waals surface area contributed by atoms with Gasteiger partial charge in [0, 0.05) is 21.5 Å². The van der Waals surface area contributed by atoms with Crippen LogP contribution in [0.3, 0.4) is 0 Å². The van der Waals surface area contributed by atoms with Gasteiger partial charge in [0.05, 0.1) is 5.69 Å². The van der Waals surface area contributed by atoms with Crippen LogP contribution in [0.1, 0.15) is 35.5 Å². The van der Waals surface area contributed by atoms with Crippen molar-refractivity contribution in [2.24, 2.45) is 4.99 Å². The first-order valence-corrected chi connectivity index (χ1v) is 10.5. The first kappa shape index (κ1) is 19.7. The molecule has 0 aliphatic rings. The normalized spacial score (nSPS) is 11.8. The molecule has 140 valence electrons. The largest absolute Gasteiger partial charge is 0.316 e. The van der Waals surface area contributed by atoms with Crippen molar-refractivity contribution in [2.75, 3.05) is 0 Å². The van der Waals surface area contributed by atoms with Crippen LogP contribution >= 0.6 is 27.3 Å². The summed E-state index contributed by atoms with van der Waals surface area (Å²) in [6.07, 6.45) is 1.87. The van der Waals surface area contributed by atoms with E-state index >= 15 is 0 Å². The van der Waals surface area contributed by atoms with Crippen LogP contribution in [0.4, 0.5) is 4.39 Å². The summed E-state index contributed by atoms with van der Waals surface area (Å²) in [5.74, 6) is -0.530. The lowest BCUT2D eigenvalue weighted by Gasteiger charge is -2.09. The number of thiazole rings is 1. The van der Waals surface area contributed by atoms with E-state index < -0.39 is 0 Å². The fraction of sp³-hybridized carbons (Fsp3) is 0.238. The van der Waals surface area contributed by atoms with Gasteiger partial charge in [-0.3, -0.25) is 4.79 Å². The topological polar surface area (TPSA) is 34.4 Å². The molecule has 2 aromatic carbocycles. The van der Waals surface area contributed by atoms with E-state index in [1.54, 1.807) is 24.3 Å². The minimum absolute atomic E-state index is 0.260. The van der Waals surface area contributed by atoms with E-state index in [1.807, 2.05) is 23.6 Å². The summed E-state index contributed by atoms with van der Waals surface area (Å²) >= 11 is 4.92. The van der Waals surface area contributed by atoms with Crippen LogP contribution in [0.5, 0.6) is 0 Å². The van der Waals surface area contributed by atoms with Gasteiger partial charge in [0.1, 0.15) is 5.82 Å². The number of nitrogens with zero attached hydrogens (tertiary/aromatic N) is 2. The molecule has 0 aliphatic carbocycles. The van der Waals surface area contributed by atoms with E-state index in [-0.39, 0.29) is 11.7 Å². The Hall–Kier alpha value is -2.05. The monoisotopic (exact) mass is 446 g/mol. The number of carbonyl (C=O) groups excluding carboxylic acids is 1. The predicted molar refractivity (Wildman–Crippen MR) is 111 cm³/mol. The highest BCUT2D eigenvalue weighted by Gasteiger charge is 2.15. The minimum atomic E-state index is -0.270. The quantitative estimate of drug-likeness (QED) is 0.485. The fourth-order valence-electron chi connectivity index (χ4n) is 2.93. The van der Waals surface area contributed by atoms with Gasteiger partial charge in [0.25, 0.3) is 5.91 Å². The molecule has 0 saturated heterocycles. The lowest BCUT2D eigenvalue weighted by atomic mass is 10.1. The Kier molecular flexibility index (Phi) is 6.39. The smallest absolute Gasteiger partial charge is 0.279 e. The number of hydrogen-bond acceptors (Lipinski definition) is 2. The summed E-state index contributed by atoms with van der Waals surface area (Å²) in [5.41, 5.74) is 2.50. The number of halogens is 2. The van der Waals surface area contributed by atoms with Crippen molar-refractivity contribution in [3.63, 3.8) is 0 Å². The summed E-state index contributed by atoms with van der Waals surface area (Å²) in [6, 6.07) is 13.7. The molecule has 0 bridgehead atoms. The molecule has 1 aromatic heterocycles. The van der Waals surface area contributed by atoms with Gasteiger partial charge in [-0.2, -0.15) is 4.99 Å². The second-order valence-corrected chi connectivity index (χ2v) is 8.06. The second kappa shape index (κ2) is 8.76. The second-order valence-electron chi connectivity index (χ2n) is 6.08. The zero-order valence-electron chi connectivity index (χ0n) is 15.2. The molecule has 0 aliphatic heterocycles. The first-order valence-electron chi connectivity index (χ1n) is 8.86. The number of rotatable bonds is 5. The van der Waals surface area contributed by atoms with Gasteiger partial charge in [-0.1, -0.05) is 35.3 Å². The van der Waals surface area contributed by atoms with Crippen LogP contribution in [0, 0.1) is 5.82 Å². The van der Waals surface area contributed by atoms with Gasteiger partial charge >= 0.3 is 0 Å². The number of amides is 1. The molecule has 6 heteroatoms. The molecule has 0 atom stereocenters. The third-order valence-electron chi connectivity index (χ3n) is 4.16. The highest BCUT2D eigenvalue weighted by atomic mass is 79.9. The van der Waals surface area contributed by atoms with E-state index in [0.29, 0.717) is 16.9 Å². The van der Waals surface area contributed by atoms with E-state index in [1.165, 1.54) is 23.5 Å². The summed E-state index contributed by atoms with van der Waals surface area (Å²) < 4.78 is 16.2. The van der Waals surface area contributed by atoms with Crippen molar-refractivity contribution in [3.05, 3.63) is 74.1 Å². The van der Waals surface area contributed by atoms with E-state index in [2.05, 4.69) is 27.8 Å². The molecule has 3 aromatic rings. The van der Waals surface area contributed by atoms with Gasteiger partial charge in [-0.05, 0) is 61.4 Å². The molecule has 0 saturated carbocycles. The molecule has 0 unspecified atom stereocenters. The van der Waals surface area contributed by atoms with Crippen molar-refractivity contribution in [1.82, 2.24) is 4.57 Å². The van der Waals surface area contributed by atoms with Crippen LogP contribution in [0.15, 0.2) is 58.0 Å². The molecular formula is C21H20BrFN2OS. The van der Waals surface area contributed by atoms with Gasteiger partial charge in [-0.25, -0.2) is 4.39 Å². The van der Waals surface area contributed by atoms with Crippen LogP contribution in [-0.2, 0) is 13.0 Å². The molecule has 0 spiro atoms. The van der Waals surface area contributed by atoms with Gasteiger partial charge in [0.2, 0.25) is 0 Å². The van der Waals surface area contributed by atoms with Crippen molar-refractivity contribution in [1.29, 1.82) is 0 Å². The SMILES string of the molecule is CCCc1sc(=NC(=O)c2cccc(Br)c2)n(CC)c1-c1ccc(F)cc1. The molecule has 0 fully saturated rings. The Morgan fingerprint density at radius 2 is 1.93 bits per heavy atom. The van der Waals surface area contributed by atoms with Crippen LogP contribution in [-0.4, -0.2) is 10.5 Å². The highest BCUT2D eigenvalue weighted by Crippen LogP contribution is 2.27. The summed E-state index contributed by atoms with van der Waals surface area (Å²) in [4.78, 5) is 18.9. The van der Waals surface area contributed by atoms with Crippen molar-refractivity contribution < 1.29 is 9.18 Å². The average molecular weight is 447 g/mol. The molecule has 3 rings (SSSR count). The Labute approximate surface area is 170 Å². The van der Waals surface area contributed by atoms with Crippen molar-refractivity contribution in [2.45, 2.75) is 33.2 Å². The number of benzene rings is 2. The number of hydrogen-bond donors (Lipinski definition) is 0. The van der Waals surface area contributed by atoms with Crippen LogP contribution in [0.25, 0.3) is 11.3 Å². The average Bonchev–Trinajstić information content (AvgIpc) is 2.99. The van der Waals surface area contributed by atoms with E-state index in [9.17, 15) is 9.18 Å². The molecule has 27 heavy (non-hydrogen) atoms. The molecular weight excluding hydrogens is 427 g/mol. The van der Waals surface area contributed by atoms with Crippen LogP contribution < -0.4 is 4.80 Å². The maximum atomic E-state index is 13.4. The van der Waals surface area contributed by atoms with E-state index in [0.717, 1.165) is 33.4 Å². The lowest BCUT2D eigenvalue weighted by Crippen LogP contribution is -2.17. The minimum Gasteiger partial charge on any atom is -0.316 e. The van der Waals surface area contributed by atoms with Gasteiger partial charge in [0.15, 0.2) is 4.80 Å². The summed E-state index contributed by atoms with van der Waals surface area (Å²) in [5, 5.41) is 0. The van der Waals surface area contributed by atoms with Gasteiger partial charge in [-0.15, -0.1) is 11.3 Å². The standard InChI is InChI=1S/C21H20BrFN2OS/c1-3-6-18-19(14-9-11-17(23)12-10-14)25(4-2)21(27-18)24-20(26)15-7-5-8-16(22)13-15/h5,7-13H,3-4,6H2,1-2H3. The third-order valence-corrected chi connectivity index (χ3v) is 5.79. The molecule has 3 nitrogen and oxygen atoms in total. The number of carbonyl (C=O) groups is 1. The zero-order valence-corrected chi connectivity index (χ0v) is 17.6. The lowest BCUT2D eigenvalue weighted by molar-refractivity contribution is 0.0997. The Bertz CT molecular complexity index is 1020. The maximum absolute atomic E-state index is 13.4. The first-order chi connectivity index (χ1) is 13.0. The Balaban J connectivity index is 2.14. The Morgan fingerprint density at radius 3 is 2.56 bits per heavy atom. The number of aromatic nitrogens is 1. The Morgan fingerprint density at radius 1 is 1.19 bits per heavy atom. The zero-order chi connectivity index (χ0) is 19.4. The predicted octanol–water partition coefficient (Wildman–Crippen LogP) is 5.83. The van der Waals surface area contributed by atoms with E-state index in [4.69, 9.17) is 0 Å². The molecule has 0 radical (unpaired) electrons.